The minimum atomic E-state index is -5.05. The van der Waals surface area contributed by atoms with Gasteiger partial charge in [-0.2, -0.15) is 13.2 Å². The Morgan fingerprint density at radius 1 is 1.15 bits per heavy atom. The van der Waals surface area contributed by atoms with Crippen LogP contribution < -0.4 is 4.72 Å². The number of nitro benzene ring substituents is 1. The number of methoxy groups -OCH3 is 1. The lowest BCUT2D eigenvalue weighted by Crippen LogP contribution is -2.15. The molecule has 0 saturated carbocycles. The van der Waals surface area contributed by atoms with Crippen molar-refractivity contribution in [3.63, 3.8) is 0 Å². The number of halogens is 3. The summed E-state index contributed by atoms with van der Waals surface area (Å²) < 4.78 is 69.9. The van der Waals surface area contributed by atoms with Gasteiger partial charge in [-0.15, -0.1) is 0 Å². The van der Waals surface area contributed by atoms with E-state index in [2.05, 4.69) is 4.74 Å². The van der Waals surface area contributed by atoms with Gasteiger partial charge < -0.3 is 4.74 Å². The molecule has 12 heteroatoms. The molecule has 2 aromatic rings. The third kappa shape index (κ3) is 4.53. The van der Waals surface area contributed by atoms with Crippen molar-refractivity contribution in [3.05, 3.63) is 63.7 Å². The van der Waals surface area contributed by atoms with Gasteiger partial charge in [0.25, 0.3) is 15.7 Å². The first-order valence-electron chi connectivity index (χ1n) is 7.02. The van der Waals surface area contributed by atoms with Crippen LogP contribution in [0.25, 0.3) is 0 Å². The highest BCUT2D eigenvalue weighted by Crippen LogP contribution is 2.37. The summed E-state index contributed by atoms with van der Waals surface area (Å²) in [5.41, 5.74) is -3.22. The third-order valence-electron chi connectivity index (χ3n) is 3.34. The van der Waals surface area contributed by atoms with E-state index in [4.69, 9.17) is 0 Å². The van der Waals surface area contributed by atoms with Gasteiger partial charge in [0.2, 0.25) is 0 Å². The van der Waals surface area contributed by atoms with E-state index in [1.165, 1.54) is 0 Å². The number of rotatable bonds is 5. The van der Waals surface area contributed by atoms with Crippen LogP contribution in [0, 0.1) is 10.1 Å². The fraction of sp³-hybridized carbons (Fsp3) is 0.133. The summed E-state index contributed by atoms with van der Waals surface area (Å²) in [5, 5.41) is 10.7. The van der Waals surface area contributed by atoms with E-state index in [0.717, 1.165) is 37.4 Å². The van der Waals surface area contributed by atoms with Gasteiger partial charge in [0, 0.05) is 11.8 Å². The molecule has 0 atom stereocenters. The second-order valence-electron chi connectivity index (χ2n) is 5.11. The fourth-order valence-electron chi connectivity index (χ4n) is 2.09. The van der Waals surface area contributed by atoms with Gasteiger partial charge in [0.1, 0.15) is 5.56 Å². The summed E-state index contributed by atoms with van der Waals surface area (Å²) in [6.07, 6.45) is -5.05. The lowest BCUT2D eigenvalue weighted by atomic mass is 10.1. The van der Waals surface area contributed by atoms with Crippen molar-refractivity contribution in [2.45, 2.75) is 11.1 Å². The number of nitrogens with zero attached hydrogens (tertiary/aromatic N) is 1. The zero-order valence-electron chi connectivity index (χ0n) is 13.5. The molecule has 0 aliphatic heterocycles. The molecule has 0 heterocycles. The van der Waals surface area contributed by atoms with Crippen LogP contribution in [-0.4, -0.2) is 26.4 Å². The summed E-state index contributed by atoms with van der Waals surface area (Å²) >= 11 is 0. The van der Waals surface area contributed by atoms with Gasteiger partial charge in [-0.25, -0.2) is 13.2 Å². The molecule has 0 amide bonds. The molecular formula is C15H11F3N2O6S. The van der Waals surface area contributed by atoms with Crippen LogP contribution in [0.2, 0.25) is 0 Å². The predicted octanol–water partition coefficient (Wildman–Crippen LogP) is 3.20. The number of nitrogens with one attached hydrogen (secondary N) is 1. The van der Waals surface area contributed by atoms with E-state index in [1.54, 1.807) is 0 Å². The van der Waals surface area contributed by atoms with Crippen molar-refractivity contribution in [3.8, 4) is 0 Å². The zero-order chi connectivity index (χ0) is 20.4. The molecular weight excluding hydrogens is 393 g/mol. The van der Waals surface area contributed by atoms with Crippen molar-refractivity contribution >= 4 is 27.4 Å². The average molecular weight is 404 g/mol. The van der Waals surface area contributed by atoms with Crippen molar-refractivity contribution in [1.82, 2.24) is 0 Å². The Morgan fingerprint density at radius 3 is 2.22 bits per heavy atom. The van der Waals surface area contributed by atoms with Crippen molar-refractivity contribution < 1.29 is 36.0 Å². The number of alkyl halides is 3. The SMILES string of the molecule is COC(=O)c1ccc(S(=O)(=O)Nc2ccc([N+](=O)[O-])c(C(F)(F)F)c2)cc1. The summed E-state index contributed by atoms with van der Waals surface area (Å²) in [7, 11) is -3.16. The highest BCUT2D eigenvalue weighted by Gasteiger charge is 2.38. The molecule has 0 bridgehead atoms. The van der Waals surface area contributed by atoms with E-state index in [-0.39, 0.29) is 10.5 Å². The monoisotopic (exact) mass is 404 g/mol. The number of esters is 1. The van der Waals surface area contributed by atoms with E-state index >= 15 is 0 Å². The molecule has 2 rings (SSSR count). The maximum absolute atomic E-state index is 13.0. The lowest BCUT2D eigenvalue weighted by molar-refractivity contribution is -0.388. The molecule has 8 nitrogen and oxygen atoms in total. The van der Waals surface area contributed by atoms with Crippen LogP contribution >= 0.6 is 0 Å². The topological polar surface area (TPSA) is 116 Å². The number of ether oxygens (including phenoxy) is 1. The molecule has 0 radical (unpaired) electrons. The van der Waals surface area contributed by atoms with Crippen LogP contribution in [0.4, 0.5) is 24.5 Å². The van der Waals surface area contributed by atoms with Crippen molar-refractivity contribution in [2.24, 2.45) is 0 Å². The van der Waals surface area contributed by atoms with Crippen molar-refractivity contribution in [2.75, 3.05) is 11.8 Å². The zero-order valence-corrected chi connectivity index (χ0v) is 14.3. The van der Waals surface area contributed by atoms with Gasteiger partial charge in [-0.1, -0.05) is 0 Å². The molecule has 0 fully saturated rings. The van der Waals surface area contributed by atoms with E-state index in [0.29, 0.717) is 12.1 Å². The number of hydrogen-bond acceptors (Lipinski definition) is 6. The Bertz CT molecular complexity index is 988. The molecule has 2 aromatic carbocycles. The maximum atomic E-state index is 13.0. The van der Waals surface area contributed by atoms with E-state index in [1.807, 2.05) is 4.72 Å². The van der Waals surface area contributed by atoms with E-state index in [9.17, 15) is 36.5 Å². The predicted molar refractivity (Wildman–Crippen MR) is 86.7 cm³/mol. The summed E-state index contributed by atoms with van der Waals surface area (Å²) in [5.74, 6) is -0.697. The average Bonchev–Trinajstić information content (AvgIpc) is 2.59. The number of carbonyl (C=O) groups excluding carboxylic acids is 1. The first-order chi connectivity index (χ1) is 12.5. The first-order valence-corrected chi connectivity index (χ1v) is 8.51. The van der Waals surface area contributed by atoms with Crippen molar-refractivity contribution in [1.29, 1.82) is 0 Å². The van der Waals surface area contributed by atoms with Gasteiger partial charge in [0.15, 0.2) is 0 Å². The standard InChI is InChI=1S/C15H11F3N2O6S/c1-26-14(21)9-2-5-11(6-3-9)27(24,25)19-10-4-7-13(20(22)23)12(8-10)15(16,17)18/h2-8,19H,1H3. The molecule has 0 aromatic heterocycles. The Hall–Kier alpha value is -3.15. The van der Waals surface area contributed by atoms with Crippen LogP contribution in [0.1, 0.15) is 15.9 Å². The summed E-state index contributed by atoms with van der Waals surface area (Å²) in [4.78, 5) is 20.5. The largest absolute Gasteiger partial charge is 0.465 e. The molecule has 0 spiro atoms. The molecule has 144 valence electrons. The lowest BCUT2D eigenvalue weighted by Gasteiger charge is -2.12. The molecule has 27 heavy (non-hydrogen) atoms. The Balaban J connectivity index is 2.38. The maximum Gasteiger partial charge on any atom is 0.423 e. The van der Waals surface area contributed by atoms with Gasteiger partial charge in [0.05, 0.1) is 22.5 Å². The fourth-order valence-corrected chi connectivity index (χ4v) is 3.14. The molecule has 0 aliphatic carbocycles. The van der Waals surface area contributed by atoms with Crippen LogP contribution in [0.3, 0.4) is 0 Å². The number of sulfonamides is 1. The van der Waals surface area contributed by atoms with Crippen LogP contribution in [0.5, 0.6) is 0 Å². The number of nitro groups is 1. The quantitative estimate of drug-likeness (QED) is 0.465. The normalized spacial score (nSPS) is 11.7. The highest BCUT2D eigenvalue weighted by molar-refractivity contribution is 7.92. The summed E-state index contributed by atoms with van der Waals surface area (Å²) in [6.45, 7) is 0. The van der Waals surface area contributed by atoms with E-state index < -0.39 is 44.0 Å². The number of anilines is 1. The van der Waals surface area contributed by atoms with Crippen LogP contribution in [-0.2, 0) is 20.9 Å². The molecule has 0 aliphatic rings. The minimum Gasteiger partial charge on any atom is -0.465 e. The Kier molecular flexibility index (Phi) is 5.40. The number of carbonyl (C=O) groups is 1. The minimum absolute atomic E-state index is 0.0751. The molecule has 1 N–H and O–H groups in total. The van der Waals surface area contributed by atoms with Crippen LogP contribution in [0.15, 0.2) is 47.4 Å². The number of benzene rings is 2. The second kappa shape index (κ2) is 7.23. The summed E-state index contributed by atoms with van der Waals surface area (Å²) in [6, 6.07) is 6.18. The van der Waals surface area contributed by atoms with Gasteiger partial charge >= 0.3 is 12.1 Å². The molecule has 0 saturated heterocycles. The Labute approximate surface area is 150 Å². The van der Waals surface area contributed by atoms with Gasteiger partial charge in [-0.3, -0.25) is 14.8 Å². The number of hydrogen-bond donors (Lipinski definition) is 1. The third-order valence-corrected chi connectivity index (χ3v) is 4.73. The first kappa shape index (κ1) is 20.2. The second-order valence-corrected chi connectivity index (χ2v) is 6.79. The smallest absolute Gasteiger partial charge is 0.423 e. The Morgan fingerprint density at radius 2 is 1.74 bits per heavy atom. The van der Waals surface area contributed by atoms with Gasteiger partial charge in [-0.05, 0) is 36.4 Å². The molecule has 0 unspecified atom stereocenters. The highest BCUT2D eigenvalue weighted by atomic mass is 32.2.